The molecule has 0 radical (unpaired) electrons. The van der Waals surface area contributed by atoms with Crippen LogP contribution in [-0.4, -0.2) is 25.0 Å². The number of carbonyl (C=O) groups is 2. The Balaban J connectivity index is 1.70. The van der Waals surface area contributed by atoms with Gasteiger partial charge in [0.15, 0.2) is 6.10 Å². The van der Waals surface area contributed by atoms with Crippen LogP contribution in [-0.2, 0) is 4.79 Å². The van der Waals surface area contributed by atoms with Crippen LogP contribution >= 0.6 is 0 Å². The average molecular weight is 402 g/mol. The molecule has 0 saturated heterocycles. The van der Waals surface area contributed by atoms with Crippen LogP contribution in [0.1, 0.15) is 28.4 Å². The van der Waals surface area contributed by atoms with Crippen LogP contribution in [0.5, 0.6) is 5.75 Å². The number of hydrogen-bond acceptors (Lipinski definition) is 3. The number of nitrogens with one attached hydrogen (secondary N) is 1. The summed E-state index contributed by atoms with van der Waals surface area (Å²) >= 11 is 0. The quantitative estimate of drug-likeness (QED) is 0.632. The Hall–Kier alpha value is -3.60. The fourth-order valence-corrected chi connectivity index (χ4v) is 3.15. The Bertz CT molecular complexity index is 1030. The first-order valence-electron chi connectivity index (χ1n) is 9.83. The second-order valence-corrected chi connectivity index (χ2v) is 7.25. The summed E-state index contributed by atoms with van der Waals surface area (Å²) in [6.45, 7) is 5.61. The summed E-state index contributed by atoms with van der Waals surface area (Å²) in [6.07, 6.45) is -0.684. The predicted octanol–water partition coefficient (Wildman–Crippen LogP) is 4.99. The highest BCUT2D eigenvalue weighted by molar-refractivity contribution is 6.06. The third-order valence-electron chi connectivity index (χ3n) is 4.90. The topological polar surface area (TPSA) is 58.6 Å². The molecule has 0 saturated carbocycles. The maximum absolute atomic E-state index is 12.8. The lowest BCUT2D eigenvalue weighted by Crippen LogP contribution is -2.31. The van der Waals surface area contributed by atoms with E-state index in [1.165, 1.54) is 0 Å². The van der Waals surface area contributed by atoms with E-state index in [2.05, 4.69) is 5.32 Å². The van der Waals surface area contributed by atoms with Crippen LogP contribution in [0, 0.1) is 13.8 Å². The number of hydrogen-bond donors (Lipinski definition) is 1. The highest BCUT2D eigenvalue weighted by Gasteiger charge is 2.18. The minimum atomic E-state index is -0.684. The van der Waals surface area contributed by atoms with Crippen molar-refractivity contribution in [2.24, 2.45) is 0 Å². The smallest absolute Gasteiger partial charge is 0.265 e. The van der Waals surface area contributed by atoms with Crippen LogP contribution in [0.3, 0.4) is 0 Å². The zero-order chi connectivity index (χ0) is 21.7. The van der Waals surface area contributed by atoms with Crippen LogP contribution < -0.4 is 15.0 Å². The number of ether oxygens (including phenoxy) is 1. The van der Waals surface area contributed by atoms with Crippen molar-refractivity contribution in [1.29, 1.82) is 0 Å². The number of rotatable bonds is 6. The second kappa shape index (κ2) is 9.27. The molecule has 3 rings (SSSR count). The summed E-state index contributed by atoms with van der Waals surface area (Å²) in [7, 11) is 1.73. The molecule has 0 aliphatic carbocycles. The van der Waals surface area contributed by atoms with Crippen LogP contribution in [0.4, 0.5) is 11.4 Å². The number of benzene rings is 3. The SMILES string of the molecule is Cc1cccc(C)c1OC(C)C(=O)Nc1cccc(C(=O)N(C)c2ccccc2)c1. The first-order valence-corrected chi connectivity index (χ1v) is 9.83. The van der Waals surface area contributed by atoms with Gasteiger partial charge >= 0.3 is 0 Å². The Morgan fingerprint density at radius 2 is 1.53 bits per heavy atom. The molecule has 0 fully saturated rings. The van der Waals surface area contributed by atoms with Crippen molar-refractivity contribution in [2.45, 2.75) is 26.9 Å². The predicted molar refractivity (Wildman–Crippen MR) is 120 cm³/mol. The highest BCUT2D eigenvalue weighted by atomic mass is 16.5. The summed E-state index contributed by atoms with van der Waals surface area (Å²) in [5, 5.41) is 2.84. The lowest BCUT2D eigenvalue weighted by Gasteiger charge is -2.19. The number of nitrogens with zero attached hydrogens (tertiary/aromatic N) is 1. The molecular formula is C25H26N2O3. The van der Waals surface area contributed by atoms with E-state index in [1.54, 1.807) is 43.1 Å². The van der Waals surface area contributed by atoms with Gasteiger partial charge in [0.25, 0.3) is 11.8 Å². The molecule has 154 valence electrons. The molecule has 0 heterocycles. The fourth-order valence-electron chi connectivity index (χ4n) is 3.15. The van der Waals surface area contributed by atoms with E-state index in [-0.39, 0.29) is 11.8 Å². The third-order valence-corrected chi connectivity index (χ3v) is 4.90. The maximum Gasteiger partial charge on any atom is 0.265 e. The molecule has 2 amide bonds. The number of carbonyl (C=O) groups excluding carboxylic acids is 2. The number of para-hydroxylation sites is 2. The van der Waals surface area contributed by atoms with Gasteiger partial charge in [-0.25, -0.2) is 0 Å². The van der Waals surface area contributed by atoms with Crippen molar-refractivity contribution >= 4 is 23.2 Å². The van der Waals surface area contributed by atoms with Crippen LogP contribution in [0.25, 0.3) is 0 Å². The van der Waals surface area contributed by atoms with E-state index in [9.17, 15) is 9.59 Å². The third kappa shape index (κ3) is 4.87. The molecule has 3 aromatic carbocycles. The Labute approximate surface area is 177 Å². The van der Waals surface area contributed by atoms with Gasteiger partial charge in [0.2, 0.25) is 0 Å². The molecular weight excluding hydrogens is 376 g/mol. The molecule has 0 aliphatic rings. The first kappa shape index (κ1) is 21.1. The van der Waals surface area contributed by atoms with Gasteiger partial charge in [-0.3, -0.25) is 9.59 Å². The van der Waals surface area contributed by atoms with Crippen molar-refractivity contribution in [3.8, 4) is 5.75 Å². The van der Waals surface area contributed by atoms with Gasteiger partial charge in [-0.1, -0.05) is 42.5 Å². The molecule has 5 heteroatoms. The summed E-state index contributed by atoms with van der Waals surface area (Å²) in [6, 6.07) is 22.2. The van der Waals surface area contributed by atoms with E-state index < -0.39 is 6.10 Å². The Kier molecular flexibility index (Phi) is 6.52. The largest absolute Gasteiger partial charge is 0.480 e. The first-order chi connectivity index (χ1) is 14.4. The molecule has 0 spiro atoms. The summed E-state index contributed by atoms with van der Waals surface area (Å²) < 4.78 is 5.90. The van der Waals surface area contributed by atoms with Crippen LogP contribution in [0.2, 0.25) is 0 Å². The van der Waals surface area contributed by atoms with Gasteiger partial charge in [0.1, 0.15) is 5.75 Å². The average Bonchev–Trinajstić information content (AvgIpc) is 2.76. The van der Waals surface area contributed by atoms with Gasteiger partial charge in [-0.05, 0) is 62.2 Å². The number of anilines is 2. The van der Waals surface area contributed by atoms with E-state index in [0.29, 0.717) is 17.0 Å². The van der Waals surface area contributed by atoms with E-state index in [4.69, 9.17) is 4.74 Å². The van der Waals surface area contributed by atoms with E-state index in [0.717, 1.165) is 16.8 Å². The molecule has 0 aliphatic heterocycles. The highest BCUT2D eigenvalue weighted by Crippen LogP contribution is 2.24. The van der Waals surface area contributed by atoms with E-state index >= 15 is 0 Å². The molecule has 1 N–H and O–H groups in total. The fraction of sp³-hybridized carbons (Fsp3) is 0.200. The molecule has 30 heavy (non-hydrogen) atoms. The zero-order valence-electron chi connectivity index (χ0n) is 17.7. The summed E-state index contributed by atoms with van der Waals surface area (Å²) in [4.78, 5) is 27.0. The summed E-state index contributed by atoms with van der Waals surface area (Å²) in [5.74, 6) is 0.282. The second-order valence-electron chi connectivity index (χ2n) is 7.25. The summed E-state index contributed by atoms with van der Waals surface area (Å²) in [5.41, 5.74) is 3.79. The minimum absolute atomic E-state index is 0.155. The van der Waals surface area contributed by atoms with Crippen molar-refractivity contribution in [3.63, 3.8) is 0 Å². The minimum Gasteiger partial charge on any atom is -0.480 e. The van der Waals surface area contributed by atoms with Gasteiger partial charge < -0.3 is 15.0 Å². The molecule has 1 unspecified atom stereocenters. The van der Waals surface area contributed by atoms with E-state index in [1.807, 2.05) is 62.4 Å². The van der Waals surface area contributed by atoms with Gasteiger partial charge in [0.05, 0.1) is 0 Å². The van der Waals surface area contributed by atoms with Crippen LogP contribution in [0.15, 0.2) is 72.8 Å². The lowest BCUT2D eigenvalue weighted by molar-refractivity contribution is -0.122. The van der Waals surface area contributed by atoms with Crippen molar-refractivity contribution in [2.75, 3.05) is 17.3 Å². The lowest BCUT2D eigenvalue weighted by atomic mass is 10.1. The molecule has 0 bridgehead atoms. The zero-order valence-corrected chi connectivity index (χ0v) is 17.7. The van der Waals surface area contributed by atoms with Crippen molar-refractivity contribution in [1.82, 2.24) is 0 Å². The Morgan fingerprint density at radius 1 is 0.900 bits per heavy atom. The Morgan fingerprint density at radius 3 is 2.20 bits per heavy atom. The monoisotopic (exact) mass is 402 g/mol. The van der Waals surface area contributed by atoms with Gasteiger partial charge in [-0.2, -0.15) is 0 Å². The molecule has 1 atom stereocenters. The molecule has 3 aromatic rings. The normalized spacial score (nSPS) is 11.5. The number of aryl methyl sites for hydroxylation is 2. The van der Waals surface area contributed by atoms with Crippen molar-refractivity contribution in [3.05, 3.63) is 89.5 Å². The maximum atomic E-state index is 12.8. The van der Waals surface area contributed by atoms with Gasteiger partial charge in [0, 0.05) is 24.0 Å². The molecule has 0 aromatic heterocycles. The molecule has 5 nitrogen and oxygen atoms in total. The van der Waals surface area contributed by atoms with Crippen molar-refractivity contribution < 1.29 is 14.3 Å². The standard InChI is InChI=1S/C25H26N2O3/c1-17-10-8-11-18(2)23(17)30-19(3)24(28)26-21-13-9-12-20(16-21)25(29)27(4)22-14-6-5-7-15-22/h5-16,19H,1-4H3,(H,26,28). The van der Waals surface area contributed by atoms with Gasteiger partial charge in [-0.15, -0.1) is 0 Å². The number of amides is 2.